The van der Waals surface area contributed by atoms with Crippen LogP contribution in [0.15, 0.2) is 24.4 Å². The van der Waals surface area contributed by atoms with Crippen LogP contribution < -0.4 is 0 Å². The van der Waals surface area contributed by atoms with Crippen molar-refractivity contribution >= 4 is 5.91 Å². The van der Waals surface area contributed by atoms with E-state index in [4.69, 9.17) is 4.74 Å². The summed E-state index contributed by atoms with van der Waals surface area (Å²) in [5.41, 5.74) is 0.525. The molecular weight excluding hydrogens is 192 g/mol. The molecule has 1 aromatic rings. The third-order valence-electron chi connectivity index (χ3n) is 2.94. The van der Waals surface area contributed by atoms with Gasteiger partial charge >= 0.3 is 0 Å². The van der Waals surface area contributed by atoms with E-state index in [1.807, 2.05) is 17.0 Å². The zero-order chi connectivity index (χ0) is 10.3. The maximum absolute atomic E-state index is 12.0. The van der Waals surface area contributed by atoms with Crippen molar-refractivity contribution in [3.63, 3.8) is 0 Å². The van der Waals surface area contributed by atoms with E-state index in [0.29, 0.717) is 11.8 Å². The lowest BCUT2D eigenvalue weighted by Gasteiger charge is -2.23. The molecular formula is C11H12N2O2. The van der Waals surface area contributed by atoms with Crippen LogP contribution in [0.2, 0.25) is 0 Å². The number of epoxide rings is 1. The van der Waals surface area contributed by atoms with Gasteiger partial charge in [0.05, 0.1) is 6.10 Å². The summed E-state index contributed by atoms with van der Waals surface area (Å²) < 4.78 is 5.38. The summed E-state index contributed by atoms with van der Waals surface area (Å²) in [6.45, 7) is 1.51. The van der Waals surface area contributed by atoms with Crippen molar-refractivity contribution in [2.45, 2.75) is 18.6 Å². The third kappa shape index (κ3) is 1.61. The van der Waals surface area contributed by atoms with Crippen LogP contribution in [0.1, 0.15) is 16.9 Å². The summed E-state index contributed by atoms with van der Waals surface area (Å²) >= 11 is 0. The predicted octanol–water partition coefficient (Wildman–Crippen LogP) is 0.695. The zero-order valence-corrected chi connectivity index (χ0v) is 8.30. The molecule has 2 fully saturated rings. The number of aromatic nitrogens is 1. The second-order valence-electron chi connectivity index (χ2n) is 3.97. The Hall–Kier alpha value is -1.42. The molecule has 1 amide bonds. The number of carbonyl (C=O) groups excluding carboxylic acids is 1. The second-order valence-corrected chi connectivity index (χ2v) is 3.97. The molecule has 3 heterocycles. The van der Waals surface area contributed by atoms with E-state index >= 15 is 0 Å². The van der Waals surface area contributed by atoms with E-state index < -0.39 is 0 Å². The maximum atomic E-state index is 12.0. The van der Waals surface area contributed by atoms with E-state index in [1.54, 1.807) is 12.3 Å². The van der Waals surface area contributed by atoms with E-state index in [9.17, 15) is 4.79 Å². The van der Waals surface area contributed by atoms with Crippen molar-refractivity contribution in [3.05, 3.63) is 30.1 Å². The molecule has 4 heteroatoms. The van der Waals surface area contributed by atoms with Crippen LogP contribution in [0.5, 0.6) is 0 Å². The van der Waals surface area contributed by atoms with Crippen LogP contribution in [0.3, 0.4) is 0 Å². The molecule has 0 radical (unpaired) electrons. The van der Waals surface area contributed by atoms with Crippen LogP contribution >= 0.6 is 0 Å². The topological polar surface area (TPSA) is 45.7 Å². The first-order valence-electron chi connectivity index (χ1n) is 5.20. The molecule has 0 spiro atoms. The first kappa shape index (κ1) is 8.85. The standard InChI is InChI=1S/C11H12N2O2/c14-11(8-3-1-2-5-12-8)13-6-4-9-10(7-13)15-9/h1-3,5,9-10H,4,6-7H2/t9-,10+/m0/s1. The average molecular weight is 204 g/mol. The van der Waals surface area contributed by atoms with E-state index in [0.717, 1.165) is 19.5 Å². The predicted molar refractivity (Wildman–Crippen MR) is 53.4 cm³/mol. The van der Waals surface area contributed by atoms with Gasteiger partial charge in [0.15, 0.2) is 0 Å². The van der Waals surface area contributed by atoms with Crippen molar-refractivity contribution in [1.29, 1.82) is 0 Å². The van der Waals surface area contributed by atoms with Gasteiger partial charge in [-0.15, -0.1) is 0 Å². The van der Waals surface area contributed by atoms with Crippen molar-refractivity contribution in [3.8, 4) is 0 Å². The summed E-state index contributed by atoms with van der Waals surface area (Å²) in [4.78, 5) is 17.9. The van der Waals surface area contributed by atoms with Crippen molar-refractivity contribution < 1.29 is 9.53 Å². The number of pyridine rings is 1. The lowest BCUT2D eigenvalue weighted by atomic mass is 10.1. The minimum atomic E-state index is 0.0181. The summed E-state index contributed by atoms with van der Waals surface area (Å²) in [5.74, 6) is 0.0181. The summed E-state index contributed by atoms with van der Waals surface area (Å²) in [6, 6.07) is 5.40. The van der Waals surface area contributed by atoms with Gasteiger partial charge in [-0.2, -0.15) is 0 Å². The first-order valence-corrected chi connectivity index (χ1v) is 5.20. The molecule has 15 heavy (non-hydrogen) atoms. The number of nitrogens with zero attached hydrogens (tertiary/aromatic N) is 2. The molecule has 78 valence electrons. The Morgan fingerprint density at radius 3 is 3.13 bits per heavy atom. The quantitative estimate of drug-likeness (QED) is 0.632. The molecule has 2 aliphatic heterocycles. The van der Waals surface area contributed by atoms with Gasteiger partial charge in [0.2, 0.25) is 0 Å². The van der Waals surface area contributed by atoms with Crippen LogP contribution in [-0.2, 0) is 4.74 Å². The van der Waals surface area contributed by atoms with Gasteiger partial charge in [-0.25, -0.2) is 0 Å². The number of ether oxygens (including phenoxy) is 1. The lowest BCUT2D eigenvalue weighted by Crippen LogP contribution is -2.39. The highest BCUT2D eigenvalue weighted by molar-refractivity contribution is 5.92. The smallest absolute Gasteiger partial charge is 0.272 e. The van der Waals surface area contributed by atoms with Gasteiger partial charge in [0.1, 0.15) is 11.8 Å². The largest absolute Gasteiger partial charge is 0.368 e. The molecule has 2 aliphatic rings. The van der Waals surface area contributed by atoms with Gasteiger partial charge in [-0.3, -0.25) is 9.78 Å². The van der Waals surface area contributed by atoms with E-state index in [1.165, 1.54) is 0 Å². The van der Waals surface area contributed by atoms with Gasteiger partial charge in [-0.05, 0) is 18.6 Å². The Bertz CT molecular complexity index is 379. The van der Waals surface area contributed by atoms with Crippen LogP contribution in [0.4, 0.5) is 0 Å². The van der Waals surface area contributed by atoms with Crippen molar-refractivity contribution in [1.82, 2.24) is 9.88 Å². The first-order chi connectivity index (χ1) is 7.34. The van der Waals surface area contributed by atoms with Crippen LogP contribution in [-0.4, -0.2) is 41.1 Å². The van der Waals surface area contributed by atoms with E-state index in [2.05, 4.69) is 4.98 Å². The molecule has 0 N–H and O–H groups in total. The molecule has 0 unspecified atom stereocenters. The number of hydrogen-bond donors (Lipinski definition) is 0. The Morgan fingerprint density at radius 2 is 2.40 bits per heavy atom. The molecule has 3 rings (SSSR count). The number of likely N-dealkylation sites (tertiary alicyclic amines) is 1. The maximum Gasteiger partial charge on any atom is 0.272 e. The number of rotatable bonds is 1. The molecule has 1 aromatic heterocycles. The fraction of sp³-hybridized carbons (Fsp3) is 0.455. The molecule has 4 nitrogen and oxygen atoms in total. The fourth-order valence-electron chi connectivity index (χ4n) is 2.02. The molecule has 0 aromatic carbocycles. The average Bonchev–Trinajstić information content (AvgIpc) is 3.07. The number of fused-ring (bicyclic) bond motifs is 1. The third-order valence-corrected chi connectivity index (χ3v) is 2.94. The van der Waals surface area contributed by atoms with Gasteiger partial charge in [0.25, 0.3) is 5.91 Å². The molecule has 0 saturated carbocycles. The normalized spacial score (nSPS) is 28.4. The minimum Gasteiger partial charge on any atom is -0.368 e. The zero-order valence-electron chi connectivity index (χ0n) is 8.30. The fourth-order valence-corrected chi connectivity index (χ4v) is 2.02. The Morgan fingerprint density at radius 1 is 1.47 bits per heavy atom. The summed E-state index contributed by atoms with van der Waals surface area (Å²) in [7, 11) is 0. The van der Waals surface area contributed by atoms with Crippen LogP contribution in [0.25, 0.3) is 0 Å². The number of hydrogen-bond acceptors (Lipinski definition) is 3. The Balaban J connectivity index is 1.74. The monoisotopic (exact) mass is 204 g/mol. The highest BCUT2D eigenvalue weighted by atomic mass is 16.6. The highest BCUT2D eigenvalue weighted by Crippen LogP contribution is 2.30. The van der Waals surface area contributed by atoms with Gasteiger partial charge < -0.3 is 9.64 Å². The van der Waals surface area contributed by atoms with Crippen molar-refractivity contribution in [2.75, 3.05) is 13.1 Å². The SMILES string of the molecule is O=C(c1ccccn1)N1CC[C@@H]2O[C@@H]2C1. The van der Waals surface area contributed by atoms with Gasteiger partial charge in [0, 0.05) is 19.3 Å². The molecule has 0 aliphatic carbocycles. The minimum absolute atomic E-state index is 0.0181. The second kappa shape index (κ2) is 3.31. The van der Waals surface area contributed by atoms with Crippen LogP contribution in [0, 0.1) is 0 Å². The summed E-state index contributed by atoms with van der Waals surface area (Å²) in [6.07, 6.45) is 3.31. The molecule has 2 saturated heterocycles. The molecule has 2 atom stereocenters. The van der Waals surface area contributed by atoms with Gasteiger partial charge in [-0.1, -0.05) is 6.07 Å². The number of amides is 1. The van der Waals surface area contributed by atoms with Crippen molar-refractivity contribution in [2.24, 2.45) is 0 Å². The number of piperidine rings is 1. The lowest BCUT2D eigenvalue weighted by molar-refractivity contribution is 0.0730. The Labute approximate surface area is 87.9 Å². The highest BCUT2D eigenvalue weighted by Gasteiger charge is 2.44. The van der Waals surface area contributed by atoms with E-state index in [-0.39, 0.29) is 12.0 Å². The Kier molecular flexibility index (Phi) is 1.95. The molecule has 0 bridgehead atoms. The summed E-state index contributed by atoms with van der Waals surface area (Å²) in [5, 5.41) is 0. The number of carbonyl (C=O) groups is 1.